The third-order valence-corrected chi connectivity index (χ3v) is 3.24. The Morgan fingerprint density at radius 3 is 2.73 bits per heavy atom. The lowest BCUT2D eigenvalue weighted by Crippen LogP contribution is -2.36. The lowest BCUT2D eigenvalue weighted by Gasteiger charge is -2.08. The van der Waals surface area contributed by atoms with Crippen LogP contribution in [0.2, 0.25) is 0 Å². The average Bonchev–Trinajstić information content (AvgIpc) is 2.87. The molecule has 0 fully saturated rings. The zero-order valence-corrected chi connectivity index (χ0v) is 12.9. The molecule has 1 heterocycles. The molecule has 0 aliphatic rings. The average molecular weight is 302 g/mol. The lowest BCUT2D eigenvalue weighted by molar-refractivity contribution is 0.183. The topological polar surface area (TPSA) is 79.2 Å². The van der Waals surface area contributed by atoms with Crippen LogP contribution in [0.1, 0.15) is 18.9 Å². The van der Waals surface area contributed by atoms with E-state index in [2.05, 4.69) is 15.7 Å². The lowest BCUT2D eigenvalue weighted by atomic mass is 10.1. The van der Waals surface area contributed by atoms with E-state index >= 15 is 0 Å². The van der Waals surface area contributed by atoms with Gasteiger partial charge in [0.1, 0.15) is 0 Å². The van der Waals surface area contributed by atoms with Gasteiger partial charge in [0.05, 0.1) is 11.8 Å². The fourth-order valence-electron chi connectivity index (χ4n) is 2.14. The number of aliphatic hydroxyl groups is 1. The molecule has 0 saturated carbocycles. The zero-order chi connectivity index (χ0) is 15.9. The van der Waals surface area contributed by atoms with E-state index < -0.39 is 6.10 Å². The van der Waals surface area contributed by atoms with Crippen LogP contribution in [0.15, 0.2) is 36.5 Å². The van der Waals surface area contributed by atoms with Crippen LogP contribution >= 0.6 is 0 Å². The van der Waals surface area contributed by atoms with Gasteiger partial charge in [0, 0.05) is 37.5 Å². The molecule has 0 aliphatic carbocycles. The summed E-state index contributed by atoms with van der Waals surface area (Å²) in [5.74, 6) is 0. The van der Waals surface area contributed by atoms with Gasteiger partial charge in [0.2, 0.25) is 0 Å². The van der Waals surface area contributed by atoms with Crippen LogP contribution in [0, 0.1) is 0 Å². The van der Waals surface area contributed by atoms with E-state index in [1.54, 1.807) is 11.6 Å². The molecule has 0 bridgehead atoms. The molecule has 0 spiro atoms. The van der Waals surface area contributed by atoms with Crippen LogP contribution in [0.4, 0.5) is 4.79 Å². The Bertz CT molecular complexity index is 608. The molecule has 6 heteroatoms. The Morgan fingerprint density at radius 2 is 2.05 bits per heavy atom. The minimum absolute atomic E-state index is 0.247. The van der Waals surface area contributed by atoms with E-state index in [9.17, 15) is 4.79 Å². The highest BCUT2D eigenvalue weighted by atomic mass is 16.3. The van der Waals surface area contributed by atoms with Crippen molar-refractivity contribution >= 4 is 6.03 Å². The summed E-state index contributed by atoms with van der Waals surface area (Å²) in [6, 6.07) is 9.63. The monoisotopic (exact) mass is 302 g/mol. The maximum absolute atomic E-state index is 11.7. The fraction of sp³-hybridized carbons (Fsp3) is 0.375. The van der Waals surface area contributed by atoms with E-state index in [4.69, 9.17) is 5.11 Å². The smallest absolute Gasteiger partial charge is 0.315 e. The van der Waals surface area contributed by atoms with Gasteiger partial charge in [0.25, 0.3) is 0 Å². The normalized spacial score (nSPS) is 12.0. The molecule has 118 valence electrons. The van der Waals surface area contributed by atoms with Gasteiger partial charge in [-0.15, -0.1) is 0 Å². The highest BCUT2D eigenvalue weighted by Crippen LogP contribution is 2.21. The third-order valence-electron chi connectivity index (χ3n) is 3.24. The SMILES string of the molecule is C[C@H](O)CCNC(=O)NCc1cn(C)nc1-c1ccccc1. The van der Waals surface area contributed by atoms with E-state index in [0.717, 1.165) is 16.8 Å². The first-order valence-electron chi connectivity index (χ1n) is 7.34. The Kier molecular flexibility index (Phi) is 5.55. The van der Waals surface area contributed by atoms with Crippen LogP contribution in [0.25, 0.3) is 11.3 Å². The fourth-order valence-corrected chi connectivity index (χ4v) is 2.14. The largest absolute Gasteiger partial charge is 0.393 e. The van der Waals surface area contributed by atoms with Gasteiger partial charge in [-0.05, 0) is 13.3 Å². The van der Waals surface area contributed by atoms with Crippen molar-refractivity contribution in [1.29, 1.82) is 0 Å². The number of aliphatic hydroxyl groups excluding tert-OH is 1. The molecule has 6 nitrogen and oxygen atoms in total. The Labute approximate surface area is 130 Å². The molecule has 2 aromatic rings. The van der Waals surface area contributed by atoms with Crippen molar-refractivity contribution in [3.05, 3.63) is 42.1 Å². The molecule has 0 aliphatic heterocycles. The van der Waals surface area contributed by atoms with E-state index in [1.165, 1.54) is 0 Å². The van der Waals surface area contributed by atoms with E-state index in [-0.39, 0.29) is 6.03 Å². The standard InChI is InChI=1S/C16H22N4O2/c1-12(21)8-9-17-16(22)18-10-14-11-20(2)19-15(14)13-6-4-3-5-7-13/h3-7,11-12,21H,8-10H2,1-2H3,(H2,17,18,22)/t12-/m0/s1. The van der Waals surface area contributed by atoms with Crippen LogP contribution in [-0.4, -0.2) is 33.6 Å². The number of rotatable bonds is 6. The van der Waals surface area contributed by atoms with E-state index in [1.807, 2.05) is 43.6 Å². The van der Waals surface area contributed by atoms with Gasteiger partial charge in [-0.1, -0.05) is 30.3 Å². The maximum atomic E-state index is 11.7. The second-order valence-corrected chi connectivity index (χ2v) is 5.29. The van der Waals surface area contributed by atoms with Crippen LogP contribution in [0.5, 0.6) is 0 Å². The first-order chi connectivity index (χ1) is 10.6. The second-order valence-electron chi connectivity index (χ2n) is 5.29. The Morgan fingerprint density at radius 1 is 1.32 bits per heavy atom. The number of urea groups is 1. The molecule has 2 amide bonds. The third kappa shape index (κ3) is 4.60. The minimum Gasteiger partial charge on any atom is -0.393 e. The molecule has 22 heavy (non-hydrogen) atoms. The summed E-state index contributed by atoms with van der Waals surface area (Å²) in [6.45, 7) is 2.54. The second kappa shape index (κ2) is 7.61. The molecule has 0 radical (unpaired) electrons. The highest BCUT2D eigenvalue weighted by Gasteiger charge is 2.11. The van der Waals surface area contributed by atoms with Crippen molar-refractivity contribution < 1.29 is 9.90 Å². The zero-order valence-electron chi connectivity index (χ0n) is 12.9. The molecule has 2 rings (SSSR count). The number of amides is 2. The first-order valence-corrected chi connectivity index (χ1v) is 7.34. The van der Waals surface area contributed by atoms with Crippen LogP contribution in [-0.2, 0) is 13.6 Å². The van der Waals surface area contributed by atoms with Crippen molar-refractivity contribution in [3.8, 4) is 11.3 Å². The number of hydrogen-bond acceptors (Lipinski definition) is 3. The molecular formula is C16H22N4O2. The number of nitrogens with one attached hydrogen (secondary N) is 2. The van der Waals surface area contributed by atoms with Crippen molar-refractivity contribution in [2.45, 2.75) is 26.0 Å². The van der Waals surface area contributed by atoms with Crippen molar-refractivity contribution in [2.24, 2.45) is 7.05 Å². The van der Waals surface area contributed by atoms with Gasteiger partial charge in [-0.25, -0.2) is 4.79 Å². The highest BCUT2D eigenvalue weighted by molar-refractivity contribution is 5.74. The summed E-state index contributed by atoms with van der Waals surface area (Å²) >= 11 is 0. The van der Waals surface area contributed by atoms with Crippen molar-refractivity contribution in [1.82, 2.24) is 20.4 Å². The van der Waals surface area contributed by atoms with Gasteiger partial charge < -0.3 is 15.7 Å². The van der Waals surface area contributed by atoms with Crippen molar-refractivity contribution in [2.75, 3.05) is 6.54 Å². The van der Waals surface area contributed by atoms with Gasteiger partial charge in [0.15, 0.2) is 0 Å². The molecule has 1 aromatic carbocycles. The predicted octanol–water partition coefficient (Wildman–Crippen LogP) is 1.66. The maximum Gasteiger partial charge on any atom is 0.315 e. The first kappa shape index (κ1) is 16.0. The summed E-state index contributed by atoms with van der Waals surface area (Å²) in [5.41, 5.74) is 2.85. The van der Waals surface area contributed by atoms with Gasteiger partial charge >= 0.3 is 6.03 Å². The summed E-state index contributed by atoms with van der Waals surface area (Å²) in [4.78, 5) is 11.7. The number of aromatic nitrogens is 2. The van der Waals surface area contributed by atoms with Gasteiger partial charge in [-0.3, -0.25) is 4.68 Å². The molecular weight excluding hydrogens is 280 g/mol. The van der Waals surface area contributed by atoms with Crippen LogP contribution < -0.4 is 10.6 Å². The molecule has 0 saturated heterocycles. The summed E-state index contributed by atoms with van der Waals surface area (Å²) in [7, 11) is 1.86. The number of aryl methyl sites for hydroxylation is 1. The van der Waals surface area contributed by atoms with E-state index in [0.29, 0.717) is 19.5 Å². The molecule has 0 unspecified atom stereocenters. The number of carbonyl (C=O) groups excluding carboxylic acids is 1. The summed E-state index contributed by atoms with van der Waals surface area (Å²) in [6.07, 6.45) is 2.02. The summed E-state index contributed by atoms with van der Waals surface area (Å²) in [5, 5.41) is 19.1. The number of carbonyl (C=O) groups is 1. The van der Waals surface area contributed by atoms with Crippen LogP contribution in [0.3, 0.4) is 0 Å². The van der Waals surface area contributed by atoms with Gasteiger partial charge in [-0.2, -0.15) is 5.10 Å². The molecule has 1 aromatic heterocycles. The number of benzene rings is 1. The minimum atomic E-state index is -0.414. The number of hydrogen-bond donors (Lipinski definition) is 3. The summed E-state index contributed by atoms with van der Waals surface area (Å²) < 4.78 is 1.74. The number of nitrogens with zero attached hydrogens (tertiary/aromatic N) is 2. The van der Waals surface area contributed by atoms with Crippen molar-refractivity contribution in [3.63, 3.8) is 0 Å². The Balaban J connectivity index is 1.95. The molecule has 3 N–H and O–H groups in total. The molecule has 1 atom stereocenters. The quantitative estimate of drug-likeness (QED) is 0.759. The predicted molar refractivity (Wildman–Crippen MR) is 85.2 cm³/mol. The Hall–Kier alpha value is -2.34.